The van der Waals surface area contributed by atoms with Crippen molar-refractivity contribution in [3.8, 4) is 11.5 Å². The van der Waals surface area contributed by atoms with Gasteiger partial charge in [-0.15, -0.1) is 0 Å². The second-order valence-corrected chi connectivity index (χ2v) is 6.38. The van der Waals surface area contributed by atoms with Gasteiger partial charge in [0.2, 0.25) is 5.78 Å². The predicted molar refractivity (Wildman–Crippen MR) is 97.2 cm³/mol. The van der Waals surface area contributed by atoms with E-state index in [0.29, 0.717) is 28.2 Å². The molecule has 3 rings (SSSR count). The number of benzene rings is 2. The van der Waals surface area contributed by atoms with Crippen LogP contribution in [0.2, 0.25) is 0 Å². The van der Waals surface area contributed by atoms with Crippen LogP contribution in [0.15, 0.2) is 42.2 Å². The molecule has 0 aliphatic carbocycles. The summed E-state index contributed by atoms with van der Waals surface area (Å²) in [5.74, 6) is -0.112. The molecule has 2 aromatic rings. The van der Waals surface area contributed by atoms with E-state index in [9.17, 15) is 14.0 Å². The van der Waals surface area contributed by atoms with Crippen molar-refractivity contribution in [2.24, 2.45) is 0 Å². The van der Waals surface area contributed by atoms with Crippen LogP contribution in [-0.2, 0) is 9.53 Å². The Labute approximate surface area is 156 Å². The number of hydrogen-bond donors (Lipinski definition) is 0. The Balaban J connectivity index is 1.79. The summed E-state index contributed by atoms with van der Waals surface area (Å²) < 4.78 is 29.3. The fourth-order valence-electron chi connectivity index (χ4n) is 2.67. The number of ketones is 1. The molecule has 140 valence electrons. The summed E-state index contributed by atoms with van der Waals surface area (Å²) >= 11 is 0. The zero-order valence-electron chi connectivity index (χ0n) is 15.2. The number of carbonyl (C=O) groups is 2. The van der Waals surface area contributed by atoms with Crippen molar-refractivity contribution in [2.45, 2.75) is 26.9 Å². The predicted octanol–water partition coefficient (Wildman–Crippen LogP) is 4.08. The highest BCUT2D eigenvalue weighted by Gasteiger charge is 2.30. The molecule has 0 aromatic heterocycles. The largest absolute Gasteiger partial charge is 0.481 e. The van der Waals surface area contributed by atoms with E-state index in [0.717, 1.165) is 0 Å². The Hall–Kier alpha value is -3.15. The number of fused-ring (bicyclic) bond motifs is 1. The number of halogens is 1. The molecule has 1 aliphatic heterocycles. The van der Waals surface area contributed by atoms with Crippen molar-refractivity contribution in [3.63, 3.8) is 0 Å². The van der Waals surface area contributed by atoms with Crippen LogP contribution in [0.25, 0.3) is 6.08 Å². The molecule has 0 saturated carbocycles. The molecule has 0 N–H and O–H groups in total. The average molecular weight is 370 g/mol. The number of esters is 1. The highest BCUT2D eigenvalue weighted by molar-refractivity contribution is 6.14. The van der Waals surface area contributed by atoms with Crippen molar-refractivity contribution in [3.05, 3.63) is 64.7 Å². The molecule has 1 heterocycles. The maximum atomic E-state index is 13.0. The first kappa shape index (κ1) is 18.6. The van der Waals surface area contributed by atoms with Gasteiger partial charge in [0.25, 0.3) is 0 Å². The third-order valence-electron chi connectivity index (χ3n) is 3.92. The maximum absolute atomic E-state index is 13.0. The van der Waals surface area contributed by atoms with Crippen LogP contribution in [-0.4, -0.2) is 24.5 Å². The highest BCUT2D eigenvalue weighted by Crippen LogP contribution is 2.39. The van der Waals surface area contributed by atoms with Crippen molar-refractivity contribution < 1.29 is 28.2 Å². The van der Waals surface area contributed by atoms with Gasteiger partial charge in [0.1, 0.15) is 17.3 Å². The quantitative estimate of drug-likeness (QED) is 0.586. The monoisotopic (exact) mass is 370 g/mol. The minimum Gasteiger partial charge on any atom is -0.481 e. The maximum Gasteiger partial charge on any atom is 0.344 e. The zero-order valence-corrected chi connectivity index (χ0v) is 15.2. The van der Waals surface area contributed by atoms with E-state index < -0.39 is 5.97 Å². The Morgan fingerprint density at radius 1 is 1.19 bits per heavy atom. The van der Waals surface area contributed by atoms with Gasteiger partial charge in [-0.25, -0.2) is 9.18 Å². The molecule has 0 unspecified atom stereocenters. The van der Waals surface area contributed by atoms with E-state index in [4.69, 9.17) is 14.2 Å². The standard InChI is InChI=1S/C21H19FO5/c1-12(2)26-19(23)11-25-17-9-8-16-20(24)18(27-21(16)13(17)3)10-14-4-6-15(22)7-5-14/h4-10,12H,11H2,1-3H3/b18-10-. The lowest BCUT2D eigenvalue weighted by atomic mass is 10.1. The van der Waals surface area contributed by atoms with Crippen LogP contribution < -0.4 is 9.47 Å². The summed E-state index contributed by atoms with van der Waals surface area (Å²) in [6, 6.07) is 8.96. The Morgan fingerprint density at radius 2 is 1.89 bits per heavy atom. The molecule has 0 atom stereocenters. The van der Waals surface area contributed by atoms with Gasteiger partial charge in [-0.05, 0) is 56.7 Å². The number of hydrogen-bond acceptors (Lipinski definition) is 5. The molecule has 27 heavy (non-hydrogen) atoms. The van der Waals surface area contributed by atoms with Gasteiger partial charge in [0.15, 0.2) is 12.4 Å². The molecule has 0 radical (unpaired) electrons. The van der Waals surface area contributed by atoms with Crippen molar-refractivity contribution in [2.75, 3.05) is 6.61 Å². The molecule has 0 spiro atoms. The van der Waals surface area contributed by atoms with Crippen molar-refractivity contribution in [1.82, 2.24) is 0 Å². The van der Waals surface area contributed by atoms with Gasteiger partial charge in [-0.3, -0.25) is 4.79 Å². The number of rotatable bonds is 5. The van der Waals surface area contributed by atoms with Gasteiger partial charge in [-0.1, -0.05) is 12.1 Å². The minimum atomic E-state index is -0.473. The normalized spacial score (nSPS) is 14.3. The number of Topliss-reactive ketones (excluding diaryl/α,β-unsaturated/α-hetero) is 1. The van der Waals surface area contributed by atoms with E-state index in [2.05, 4.69) is 0 Å². The SMILES string of the molecule is Cc1c(OCC(=O)OC(C)C)ccc2c1O/C(=C\c1ccc(F)cc1)C2=O. The number of carbonyl (C=O) groups excluding carboxylic acids is 2. The van der Waals surface area contributed by atoms with Crippen LogP contribution in [0.4, 0.5) is 4.39 Å². The summed E-state index contributed by atoms with van der Waals surface area (Å²) in [4.78, 5) is 24.2. The van der Waals surface area contributed by atoms with Gasteiger partial charge in [0.05, 0.1) is 11.7 Å². The molecule has 1 aliphatic rings. The van der Waals surface area contributed by atoms with Crippen LogP contribution in [0.5, 0.6) is 11.5 Å². The second kappa shape index (κ2) is 7.61. The molecule has 0 saturated heterocycles. The van der Waals surface area contributed by atoms with Crippen molar-refractivity contribution in [1.29, 1.82) is 0 Å². The first-order valence-electron chi connectivity index (χ1n) is 8.51. The summed E-state index contributed by atoms with van der Waals surface area (Å²) in [7, 11) is 0. The summed E-state index contributed by atoms with van der Waals surface area (Å²) in [6.07, 6.45) is 1.34. The molecule has 0 bridgehead atoms. The van der Waals surface area contributed by atoms with E-state index in [1.807, 2.05) is 0 Å². The molecule has 2 aromatic carbocycles. The topological polar surface area (TPSA) is 61.8 Å². The molecular formula is C21H19FO5. The van der Waals surface area contributed by atoms with E-state index in [1.165, 1.54) is 12.1 Å². The lowest BCUT2D eigenvalue weighted by molar-refractivity contribution is -0.149. The van der Waals surface area contributed by atoms with Gasteiger partial charge < -0.3 is 14.2 Å². The Bertz CT molecular complexity index is 913. The fraction of sp³-hybridized carbons (Fsp3) is 0.238. The van der Waals surface area contributed by atoms with Crippen LogP contribution >= 0.6 is 0 Å². The first-order valence-corrected chi connectivity index (χ1v) is 8.51. The lowest BCUT2D eigenvalue weighted by Gasteiger charge is -2.12. The zero-order chi connectivity index (χ0) is 19.6. The Kier molecular flexibility index (Phi) is 5.26. The molecule has 0 fully saturated rings. The summed E-state index contributed by atoms with van der Waals surface area (Å²) in [6.45, 7) is 5.03. The second-order valence-electron chi connectivity index (χ2n) is 6.38. The van der Waals surface area contributed by atoms with Gasteiger partial charge >= 0.3 is 5.97 Å². The first-order chi connectivity index (χ1) is 12.8. The molecule has 5 nitrogen and oxygen atoms in total. The smallest absolute Gasteiger partial charge is 0.344 e. The van der Waals surface area contributed by atoms with E-state index in [1.54, 1.807) is 51.1 Å². The van der Waals surface area contributed by atoms with E-state index >= 15 is 0 Å². The van der Waals surface area contributed by atoms with Gasteiger partial charge in [0, 0.05) is 5.56 Å². The fourth-order valence-corrected chi connectivity index (χ4v) is 2.67. The molecular weight excluding hydrogens is 351 g/mol. The van der Waals surface area contributed by atoms with Crippen molar-refractivity contribution >= 4 is 17.8 Å². The van der Waals surface area contributed by atoms with Crippen LogP contribution in [0, 0.1) is 12.7 Å². The van der Waals surface area contributed by atoms with Gasteiger partial charge in [-0.2, -0.15) is 0 Å². The van der Waals surface area contributed by atoms with E-state index in [-0.39, 0.29) is 30.1 Å². The minimum absolute atomic E-state index is 0.149. The highest BCUT2D eigenvalue weighted by atomic mass is 19.1. The summed E-state index contributed by atoms with van der Waals surface area (Å²) in [5, 5.41) is 0. The Morgan fingerprint density at radius 3 is 2.56 bits per heavy atom. The average Bonchev–Trinajstić information content (AvgIpc) is 2.93. The number of ether oxygens (including phenoxy) is 3. The third-order valence-corrected chi connectivity index (χ3v) is 3.92. The lowest BCUT2D eigenvalue weighted by Crippen LogP contribution is -2.19. The molecule has 6 heteroatoms. The van der Waals surface area contributed by atoms with Crippen LogP contribution in [0.1, 0.15) is 35.3 Å². The van der Waals surface area contributed by atoms with Crippen LogP contribution in [0.3, 0.4) is 0 Å². The third kappa shape index (κ3) is 4.16. The number of allylic oxidation sites excluding steroid dienone is 1. The molecule has 0 amide bonds. The summed E-state index contributed by atoms with van der Waals surface area (Å²) in [5.41, 5.74) is 1.68.